The molecule has 2 N–H and O–H groups in total. The highest BCUT2D eigenvalue weighted by molar-refractivity contribution is 5.74. The third kappa shape index (κ3) is 2.71. The van der Waals surface area contributed by atoms with Gasteiger partial charge < -0.3 is 15.2 Å². The van der Waals surface area contributed by atoms with Crippen LogP contribution in [-0.2, 0) is 4.74 Å². The molecule has 5 heteroatoms. The van der Waals surface area contributed by atoms with E-state index in [1.807, 2.05) is 44.3 Å². The number of para-hydroxylation sites is 1. The van der Waals surface area contributed by atoms with Gasteiger partial charge >= 0.3 is 0 Å². The Hall–Kier alpha value is -2.01. The molecule has 1 unspecified atom stereocenters. The van der Waals surface area contributed by atoms with Crippen LogP contribution in [0, 0.1) is 0 Å². The van der Waals surface area contributed by atoms with Crippen molar-refractivity contribution in [3.8, 4) is 17.0 Å². The highest BCUT2D eigenvalue weighted by atomic mass is 16.5. The Morgan fingerprint density at radius 2 is 2.16 bits per heavy atom. The molecule has 0 saturated carbocycles. The fourth-order valence-corrected chi connectivity index (χ4v) is 1.99. The molecule has 1 aromatic carbocycles. The van der Waals surface area contributed by atoms with E-state index < -0.39 is 0 Å². The summed E-state index contributed by atoms with van der Waals surface area (Å²) >= 11 is 0. The molecule has 0 aliphatic carbocycles. The van der Waals surface area contributed by atoms with Crippen molar-refractivity contribution < 1.29 is 9.47 Å². The van der Waals surface area contributed by atoms with Gasteiger partial charge in [0, 0.05) is 18.4 Å². The van der Waals surface area contributed by atoms with E-state index in [1.54, 1.807) is 11.8 Å². The molecule has 0 saturated heterocycles. The molecule has 1 heterocycles. The Balaban J connectivity index is 2.35. The molecule has 0 aliphatic rings. The standard InChI is InChI=1S/C14H19N3O2/c1-4-19-10(2)17-9-8-13(16-17)11-6-5-7-12(15)14(11)18-3/h5-10H,4,15H2,1-3H3. The van der Waals surface area contributed by atoms with Crippen LogP contribution < -0.4 is 10.5 Å². The lowest BCUT2D eigenvalue weighted by Gasteiger charge is -2.12. The van der Waals surface area contributed by atoms with Gasteiger partial charge in [-0.1, -0.05) is 6.07 Å². The number of ether oxygens (including phenoxy) is 2. The molecule has 0 radical (unpaired) electrons. The summed E-state index contributed by atoms with van der Waals surface area (Å²) in [4.78, 5) is 0. The van der Waals surface area contributed by atoms with E-state index in [9.17, 15) is 0 Å². The smallest absolute Gasteiger partial charge is 0.151 e. The zero-order chi connectivity index (χ0) is 13.8. The Labute approximate surface area is 112 Å². The minimum absolute atomic E-state index is 0.0918. The van der Waals surface area contributed by atoms with Gasteiger partial charge in [0.05, 0.1) is 18.5 Å². The molecular weight excluding hydrogens is 242 g/mol. The van der Waals surface area contributed by atoms with Crippen molar-refractivity contribution >= 4 is 5.69 Å². The number of nitrogen functional groups attached to an aromatic ring is 1. The Kier molecular flexibility index (Phi) is 4.06. The molecule has 2 rings (SSSR count). The number of benzene rings is 1. The zero-order valence-corrected chi connectivity index (χ0v) is 11.5. The molecule has 1 atom stereocenters. The molecule has 2 aromatic rings. The second-order valence-electron chi connectivity index (χ2n) is 4.16. The van der Waals surface area contributed by atoms with E-state index in [4.69, 9.17) is 15.2 Å². The number of methoxy groups -OCH3 is 1. The predicted octanol–water partition coefficient (Wildman–Crippen LogP) is 2.70. The summed E-state index contributed by atoms with van der Waals surface area (Å²) in [5.74, 6) is 0.650. The van der Waals surface area contributed by atoms with Gasteiger partial charge in [0.1, 0.15) is 6.23 Å². The fourth-order valence-electron chi connectivity index (χ4n) is 1.99. The summed E-state index contributed by atoms with van der Waals surface area (Å²) in [7, 11) is 1.61. The molecule has 1 aromatic heterocycles. The molecule has 0 aliphatic heterocycles. The van der Waals surface area contributed by atoms with Gasteiger partial charge in [0.2, 0.25) is 0 Å². The summed E-state index contributed by atoms with van der Waals surface area (Å²) in [6, 6.07) is 7.56. The van der Waals surface area contributed by atoms with Gasteiger partial charge in [-0.15, -0.1) is 0 Å². The van der Waals surface area contributed by atoms with Crippen molar-refractivity contribution in [1.82, 2.24) is 9.78 Å². The van der Waals surface area contributed by atoms with Crippen LogP contribution in [0.5, 0.6) is 5.75 Å². The van der Waals surface area contributed by atoms with Crippen LogP contribution in [0.1, 0.15) is 20.1 Å². The number of hydrogen-bond donors (Lipinski definition) is 1. The van der Waals surface area contributed by atoms with Crippen LogP contribution in [0.2, 0.25) is 0 Å². The molecule has 0 fully saturated rings. The van der Waals surface area contributed by atoms with E-state index in [2.05, 4.69) is 5.10 Å². The van der Waals surface area contributed by atoms with Gasteiger partial charge in [-0.3, -0.25) is 0 Å². The maximum Gasteiger partial charge on any atom is 0.151 e. The summed E-state index contributed by atoms with van der Waals surface area (Å²) in [6.07, 6.45) is 1.80. The first-order valence-corrected chi connectivity index (χ1v) is 6.27. The fraction of sp³-hybridized carbons (Fsp3) is 0.357. The van der Waals surface area contributed by atoms with E-state index >= 15 is 0 Å². The lowest BCUT2D eigenvalue weighted by molar-refractivity contribution is 0.0161. The van der Waals surface area contributed by atoms with Crippen molar-refractivity contribution in [3.05, 3.63) is 30.5 Å². The Bertz CT molecular complexity index is 551. The SMILES string of the molecule is CCOC(C)n1ccc(-c2cccc(N)c2OC)n1. The van der Waals surface area contributed by atoms with Crippen LogP contribution in [0.4, 0.5) is 5.69 Å². The molecule has 0 spiro atoms. The lowest BCUT2D eigenvalue weighted by atomic mass is 10.1. The van der Waals surface area contributed by atoms with Gasteiger partial charge in [-0.2, -0.15) is 5.10 Å². The average Bonchev–Trinajstić information content (AvgIpc) is 2.88. The molecule has 0 bridgehead atoms. The number of nitrogens with two attached hydrogens (primary N) is 1. The summed E-state index contributed by atoms with van der Waals surface area (Å²) in [6.45, 7) is 4.57. The zero-order valence-electron chi connectivity index (χ0n) is 11.5. The number of hydrogen-bond acceptors (Lipinski definition) is 4. The first-order valence-electron chi connectivity index (χ1n) is 6.27. The second-order valence-corrected chi connectivity index (χ2v) is 4.16. The van der Waals surface area contributed by atoms with Crippen LogP contribution in [0.25, 0.3) is 11.3 Å². The minimum Gasteiger partial charge on any atom is -0.494 e. The monoisotopic (exact) mass is 261 g/mol. The quantitative estimate of drug-likeness (QED) is 0.840. The van der Waals surface area contributed by atoms with Crippen molar-refractivity contribution in [2.24, 2.45) is 0 Å². The normalized spacial score (nSPS) is 12.4. The van der Waals surface area contributed by atoms with E-state index in [0.29, 0.717) is 18.0 Å². The lowest BCUT2D eigenvalue weighted by Crippen LogP contribution is -2.09. The highest BCUT2D eigenvalue weighted by Gasteiger charge is 2.13. The van der Waals surface area contributed by atoms with Crippen LogP contribution in [0.3, 0.4) is 0 Å². The number of anilines is 1. The second kappa shape index (κ2) is 5.75. The van der Waals surface area contributed by atoms with Crippen LogP contribution in [0.15, 0.2) is 30.5 Å². The molecule has 102 valence electrons. The van der Waals surface area contributed by atoms with Crippen molar-refractivity contribution in [3.63, 3.8) is 0 Å². The molecule has 19 heavy (non-hydrogen) atoms. The third-order valence-electron chi connectivity index (χ3n) is 2.91. The molecule has 5 nitrogen and oxygen atoms in total. The maximum atomic E-state index is 5.90. The molecule has 0 amide bonds. The van der Waals surface area contributed by atoms with Gasteiger partial charge in [-0.25, -0.2) is 4.68 Å². The average molecular weight is 261 g/mol. The van der Waals surface area contributed by atoms with E-state index in [0.717, 1.165) is 11.3 Å². The van der Waals surface area contributed by atoms with Crippen molar-refractivity contribution in [2.45, 2.75) is 20.1 Å². The van der Waals surface area contributed by atoms with Gasteiger partial charge in [0.25, 0.3) is 0 Å². The number of nitrogens with zero attached hydrogens (tertiary/aromatic N) is 2. The summed E-state index contributed by atoms with van der Waals surface area (Å²) in [5.41, 5.74) is 8.20. The predicted molar refractivity (Wildman–Crippen MR) is 75.0 cm³/mol. The summed E-state index contributed by atoms with van der Waals surface area (Å²) in [5, 5.41) is 4.50. The van der Waals surface area contributed by atoms with Crippen molar-refractivity contribution in [1.29, 1.82) is 0 Å². The van der Waals surface area contributed by atoms with Crippen LogP contribution >= 0.6 is 0 Å². The minimum atomic E-state index is -0.0918. The van der Waals surface area contributed by atoms with Crippen LogP contribution in [-0.4, -0.2) is 23.5 Å². The first-order chi connectivity index (χ1) is 9.17. The number of rotatable bonds is 5. The van der Waals surface area contributed by atoms with Gasteiger partial charge in [-0.05, 0) is 32.0 Å². The van der Waals surface area contributed by atoms with E-state index in [-0.39, 0.29) is 6.23 Å². The Morgan fingerprint density at radius 1 is 1.37 bits per heavy atom. The van der Waals surface area contributed by atoms with Crippen molar-refractivity contribution in [2.75, 3.05) is 19.5 Å². The first kappa shape index (κ1) is 13.4. The number of aromatic nitrogens is 2. The van der Waals surface area contributed by atoms with E-state index in [1.165, 1.54) is 0 Å². The third-order valence-corrected chi connectivity index (χ3v) is 2.91. The summed E-state index contributed by atoms with van der Waals surface area (Å²) < 4.78 is 12.6. The maximum absolute atomic E-state index is 5.90. The molecular formula is C14H19N3O2. The Morgan fingerprint density at radius 3 is 2.84 bits per heavy atom. The van der Waals surface area contributed by atoms with Gasteiger partial charge in [0.15, 0.2) is 5.75 Å². The highest BCUT2D eigenvalue weighted by Crippen LogP contribution is 2.33. The topological polar surface area (TPSA) is 62.3 Å². The largest absolute Gasteiger partial charge is 0.494 e.